The summed E-state index contributed by atoms with van der Waals surface area (Å²) in [5.74, 6) is 0.778. The topological polar surface area (TPSA) is 55.3 Å². The molecule has 0 bridgehead atoms. The molecule has 1 aliphatic heterocycles. The molecule has 2 rings (SSSR count). The highest BCUT2D eigenvalue weighted by Crippen LogP contribution is 2.27. The van der Waals surface area contributed by atoms with Crippen molar-refractivity contribution in [3.05, 3.63) is 11.2 Å². The number of carbonyl (C=O) groups is 1. The molecule has 1 atom stereocenters. The molecule has 0 N–H and O–H groups in total. The standard InChI is InChI=1S/C16H24ClN3O2S2/c1-16(2,3)22-15(21)20-8-6-5-7-11(20)10-24-13-9-12(17)18-14(19-13)23-4/h9,11H,5-8,10H2,1-4H3. The first-order valence-corrected chi connectivity index (χ1v) is 10.6. The van der Waals surface area contributed by atoms with Gasteiger partial charge in [-0.3, -0.25) is 0 Å². The molecule has 1 aromatic heterocycles. The number of amides is 1. The van der Waals surface area contributed by atoms with Crippen LogP contribution in [0.25, 0.3) is 0 Å². The molecule has 1 saturated heterocycles. The Balaban J connectivity index is 2.01. The van der Waals surface area contributed by atoms with E-state index < -0.39 is 5.60 Å². The van der Waals surface area contributed by atoms with Gasteiger partial charge in [-0.05, 0) is 46.3 Å². The first-order valence-electron chi connectivity index (χ1n) is 7.99. The Hall–Kier alpha value is -0.660. The lowest BCUT2D eigenvalue weighted by atomic mass is 10.0. The van der Waals surface area contributed by atoms with Gasteiger partial charge < -0.3 is 9.64 Å². The first kappa shape index (κ1) is 19.7. The Kier molecular flexibility index (Phi) is 7.07. The van der Waals surface area contributed by atoms with Crippen LogP contribution in [0, 0.1) is 0 Å². The van der Waals surface area contributed by atoms with Crippen molar-refractivity contribution < 1.29 is 9.53 Å². The number of aromatic nitrogens is 2. The van der Waals surface area contributed by atoms with E-state index in [1.807, 2.05) is 31.9 Å². The number of likely N-dealkylation sites (tertiary alicyclic amines) is 1. The minimum atomic E-state index is -0.473. The van der Waals surface area contributed by atoms with Gasteiger partial charge in [0.2, 0.25) is 0 Å². The predicted molar refractivity (Wildman–Crippen MR) is 100 cm³/mol. The van der Waals surface area contributed by atoms with Crippen LogP contribution in [0.2, 0.25) is 5.15 Å². The van der Waals surface area contributed by atoms with E-state index in [0.717, 1.165) is 36.6 Å². The van der Waals surface area contributed by atoms with Gasteiger partial charge in [0.1, 0.15) is 15.8 Å². The fourth-order valence-corrected chi connectivity index (χ4v) is 4.25. The van der Waals surface area contributed by atoms with Crippen LogP contribution in [-0.2, 0) is 4.74 Å². The highest BCUT2D eigenvalue weighted by Gasteiger charge is 2.30. The zero-order valence-electron chi connectivity index (χ0n) is 14.5. The van der Waals surface area contributed by atoms with Gasteiger partial charge in [0.25, 0.3) is 0 Å². The summed E-state index contributed by atoms with van der Waals surface area (Å²) >= 11 is 9.12. The third-order valence-corrected chi connectivity index (χ3v) is 5.31. The molecule has 1 aliphatic rings. The average Bonchev–Trinajstić information content (AvgIpc) is 2.51. The Morgan fingerprint density at radius 1 is 1.42 bits per heavy atom. The largest absolute Gasteiger partial charge is 0.444 e. The zero-order valence-corrected chi connectivity index (χ0v) is 16.9. The molecule has 0 radical (unpaired) electrons. The second-order valence-electron chi connectivity index (χ2n) is 6.65. The van der Waals surface area contributed by atoms with Gasteiger partial charge in [-0.1, -0.05) is 23.4 Å². The molecule has 0 aromatic carbocycles. The molecule has 1 fully saturated rings. The van der Waals surface area contributed by atoms with Gasteiger partial charge in [0.15, 0.2) is 5.16 Å². The van der Waals surface area contributed by atoms with Gasteiger partial charge >= 0.3 is 6.09 Å². The highest BCUT2D eigenvalue weighted by molar-refractivity contribution is 7.99. The molecule has 0 aliphatic carbocycles. The maximum absolute atomic E-state index is 12.4. The van der Waals surface area contributed by atoms with E-state index in [0.29, 0.717) is 10.3 Å². The number of halogens is 1. The molecule has 24 heavy (non-hydrogen) atoms. The van der Waals surface area contributed by atoms with Crippen molar-refractivity contribution in [2.75, 3.05) is 18.6 Å². The number of rotatable bonds is 4. The molecule has 1 aromatic rings. The van der Waals surface area contributed by atoms with Crippen LogP contribution in [-0.4, -0.2) is 51.2 Å². The summed E-state index contributed by atoms with van der Waals surface area (Å²) in [7, 11) is 0. The third-order valence-electron chi connectivity index (χ3n) is 3.51. The van der Waals surface area contributed by atoms with E-state index in [9.17, 15) is 4.79 Å². The Morgan fingerprint density at radius 3 is 2.83 bits per heavy atom. The smallest absolute Gasteiger partial charge is 0.410 e. The number of nitrogens with zero attached hydrogens (tertiary/aromatic N) is 3. The minimum Gasteiger partial charge on any atom is -0.444 e. The van der Waals surface area contributed by atoms with E-state index in [-0.39, 0.29) is 12.1 Å². The first-order chi connectivity index (χ1) is 11.3. The monoisotopic (exact) mass is 389 g/mol. The van der Waals surface area contributed by atoms with Gasteiger partial charge in [-0.15, -0.1) is 11.8 Å². The lowest BCUT2D eigenvalue weighted by Gasteiger charge is -2.36. The van der Waals surface area contributed by atoms with Gasteiger partial charge in [0, 0.05) is 24.4 Å². The quantitative estimate of drug-likeness (QED) is 0.421. The summed E-state index contributed by atoms with van der Waals surface area (Å²) < 4.78 is 5.54. The van der Waals surface area contributed by atoms with Crippen molar-refractivity contribution >= 4 is 41.2 Å². The molecular formula is C16H24ClN3O2S2. The van der Waals surface area contributed by atoms with E-state index in [2.05, 4.69) is 9.97 Å². The lowest BCUT2D eigenvalue weighted by Crippen LogP contribution is -2.47. The van der Waals surface area contributed by atoms with E-state index in [1.165, 1.54) is 11.8 Å². The highest BCUT2D eigenvalue weighted by atomic mass is 35.5. The maximum atomic E-state index is 12.4. The van der Waals surface area contributed by atoms with E-state index >= 15 is 0 Å². The van der Waals surface area contributed by atoms with Crippen molar-refractivity contribution in [2.24, 2.45) is 0 Å². The van der Waals surface area contributed by atoms with Crippen molar-refractivity contribution in [3.63, 3.8) is 0 Å². The Morgan fingerprint density at radius 2 is 2.17 bits per heavy atom. The Bertz CT molecular complexity index is 581. The fourth-order valence-electron chi connectivity index (χ4n) is 2.46. The summed E-state index contributed by atoms with van der Waals surface area (Å²) in [6.07, 6.45) is 4.84. The van der Waals surface area contributed by atoms with Gasteiger partial charge in [0.05, 0.1) is 0 Å². The molecule has 8 heteroatoms. The van der Waals surface area contributed by atoms with Crippen LogP contribution in [0.3, 0.4) is 0 Å². The number of hydrogen-bond donors (Lipinski definition) is 0. The lowest BCUT2D eigenvalue weighted by molar-refractivity contribution is 0.0126. The van der Waals surface area contributed by atoms with Crippen LogP contribution in [0.5, 0.6) is 0 Å². The van der Waals surface area contributed by atoms with Crippen LogP contribution >= 0.6 is 35.1 Å². The van der Waals surface area contributed by atoms with Crippen LogP contribution in [0.15, 0.2) is 16.2 Å². The molecule has 5 nitrogen and oxygen atoms in total. The SMILES string of the molecule is CSc1nc(Cl)cc(SCC2CCCCN2C(=O)OC(C)(C)C)n1. The van der Waals surface area contributed by atoms with Crippen molar-refractivity contribution in [3.8, 4) is 0 Å². The van der Waals surface area contributed by atoms with Gasteiger partial charge in [-0.25, -0.2) is 14.8 Å². The predicted octanol–water partition coefficient (Wildman–Crippen LogP) is 4.73. The molecule has 1 amide bonds. The van der Waals surface area contributed by atoms with Crippen LogP contribution in [0.4, 0.5) is 4.79 Å². The number of piperidine rings is 1. The average molecular weight is 390 g/mol. The summed E-state index contributed by atoms with van der Waals surface area (Å²) in [6.45, 7) is 6.43. The van der Waals surface area contributed by atoms with Gasteiger partial charge in [-0.2, -0.15) is 0 Å². The molecule has 134 valence electrons. The van der Waals surface area contributed by atoms with Crippen LogP contribution in [0.1, 0.15) is 40.0 Å². The molecule has 0 saturated carbocycles. The number of carbonyl (C=O) groups excluding carboxylic acids is 1. The van der Waals surface area contributed by atoms with E-state index in [4.69, 9.17) is 16.3 Å². The van der Waals surface area contributed by atoms with Crippen molar-refractivity contribution in [1.29, 1.82) is 0 Å². The van der Waals surface area contributed by atoms with Crippen molar-refractivity contribution in [1.82, 2.24) is 14.9 Å². The zero-order chi connectivity index (χ0) is 17.7. The van der Waals surface area contributed by atoms with Crippen molar-refractivity contribution in [2.45, 2.75) is 61.9 Å². The number of hydrogen-bond acceptors (Lipinski definition) is 6. The normalized spacial score (nSPS) is 18.5. The minimum absolute atomic E-state index is 0.157. The summed E-state index contributed by atoms with van der Waals surface area (Å²) in [4.78, 5) is 22.9. The van der Waals surface area contributed by atoms with E-state index in [1.54, 1.807) is 17.8 Å². The second-order valence-corrected chi connectivity index (χ2v) is 8.85. The number of thioether (sulfide) groups is 2. The molecule has 1 unspecified atom stereocenters. The van der Waals surface area contributed by atoms with Crippen LogP contribution < -0.4 is 0 Å². The summed E-state index contributed by atoms with van der Waals surface area (Å²) in [5.41, 5.74) is -0.473. The molecule has 0 spiro atoms. The summed E-state index contributed by atoms with van der Waals surface area (Å²) in [5, 5.41) is 1.95. The number of ether oxygens (including phenoxy) is 1. The molecular weight excluding hydrogens is 366 g/mol. The fraction of sp³-hybridized carbons (Fsp3) is 0.688. The second kappa shape index (κ2) is 8.63. The third kappa shape index (κ3) is 6.01. The molecule has 2 heterocycles. The Labute approximate surface area is 157 Å². The summed E-state index contributed by atoms with van der Waals surface area (Å²) in [6, 6.07) is 1.93. The maximum Gasteiger partial charge on any atom is 0.410 e.